The Bertz CT molecular complexity index is 1800. The number of anilines is 1. The van der Waals surface area contributed by atoms with Crippen LogP contribution in [0.5, 0.6) is 0 Å². The Kier molecular flexibility index (Phi) is 7.00. The first kappa shape index (κ1) is 25.6. The third-order valence-electron chi connectivity index (χ3n) is 6.03. The number of halogens is 1. The van der Waals surface area contributed by atoms with Gasteiger partial charge in [0.15, 0.2) is 9.84 Å². The van der Waals surface area contributed by atoms with Gasteiger partial charge in [-0.3, -0.25) is 4.72 Å². The molecule has 7 nitrogen and oxygen atoms in total. The Morgan fingerprint density at radius 1 is 0.763 bits per heavy atom. The fourth-order valence-electron chi connectivity index (χ4n) is 4.15. The largest absolute Gasteiger partial charge is 0.319 e. The average Bonchev–Trinajstić information content (AvgIpc) is 3.27. The third kappa shape index (κ3) is 5.76. The van der Waals surface area contributed by atoms with E-state index >= 15 is 0 Å². The first-order valence-corrected chi connectivity index (χ1v) is 15.1. The molecule has 1 heterocycles. The number of nitrogens with zero attached hydrogens (tertiary/aromatic N) is 2. The number of rotatable bonds is 9. The SMILES string of the molecule is O=S(=O)(CCS(=O)(=O)c1ccc(F)cc1)Nc1cccc(-c2nc3ccccc3n2Cc2ccccc2)c1. The van der Waals surface area contributed by atoms with E-state index in [1.807, 2.05) is 60.7 Å². The van der Waals surface area contributed by atoms with Gasteiger partial charge >= 0.3 is 0 Å². The molecule has 10 heteroatoms. The Morgan fingerprint density at radius 2 is 1.47 bits per heavy atom. The van der Waals surface area contributed by atoms with Gasteiger partial charge in [-0.25, -0.2) is 26.2 Å². The summed E-state index contributed by atoms with van der Waals surface area (Å²) in [5, 5.41) is 0. The fourth-order valence-corrected chi connectivity index (χ4v) is 7.28. The van der Waals surface area contributed by atoms with Gasteiger partial charge in [0.05, 0.1) is 27.4 Å². The van der Waals surface area contributed by atoms with Gasteiger partial charge in [0.25, 0.3) is 0 Å². The van der Waals surface area contributed by atoms with Gasteiger partial charge in [0, 0.05) is 17.8 Å². The molecule has 0 aliphatic heterocycles. The number of hydrogen-bond donors (Lipinski definition) is 1. The molecule has 0 unspecified atom stereocenters. The van der Waals surface area contributed by atoms with E-state index in [1.54, 1.807) is 18.2 Å². The lowest BCUT2D eigenvalue weighted by Gasteiger charge is -2.12. The number of nitrogens with one attached hydrogen (secondary N) is 1. The first-order valence-electron chi connectivity index (χ1n) is 11.8. The summed E-state index contributed by atoms with van der Waals surface area (Å²) in [6.07, 6.45) is 0. The zero-order valence-corrected chi connectivity index (χ0v) is 21.8. The summed E-state index contributed by atoms with van der Waals surface area (Å²) in [6, 6.07) is 28.9. The van der Waals surface area contributed by atoms with Gasteiger partial charge in [-0.1, -0.05) is 54.6 Å². The maximum absolute atomic E-state index is 13.1. The summed E-state index contributed by atoms with van der Waals surface area (Å²) in [6.45, 7) is 0.577. The Labute approximate surface area is 220 Å². The molecule has 38 heavy (non-hydrogen) atoms. The molecule has 0 bridgehead atoms. The summed E-state index contributed by atoms with van der Waals surface area (Å²) in [4.78, 5) is 4.67. The second-order valence-electron chi connectivity index (χ2n) is 8.77. The van der Waals surface area contributed by atoms with E-state index in [1.165, 1.54) is 0 Å². The number of aromatic nitrogens is 2. The molecule has 5 aromatic rings. The van der Waals surface area contributed by atoms with Crippen LogP contribution in [0.15, 0.2) is 108 Å². The molecule has 0 aliphatic carbocycles. The molecule has 5 rings (SSSR count). The molecule has 1 aromatic heterocycles. The Hall–Kier alpha value is -4.02. The average molecular weight is 550 g/mol. The lowest BCUT2D eigenvalue weighted by Crippen LogP contribution is -2.23. The standard InChI is InChI=1S/C28H24FN3O4S2/c29-23-13-15-25(16-14-23)37(33,34)17-18-38(35,36)31-24-10-6-9-22(19-24)28-30-26-11-4-5-12-27(26)32(28)20-21-7-2-1-3-8-21/h1-16,19,31H,17-18,20H2. The van der Waals surface area contributed by atoms with Crippen LogP contribution in [-0.2, 0) is 26.4 Å². The highest BCUT2D eigenvalue weighted by atomic mass is 32.2. The van der Waals surface area contributed by atoms with Gasteiger partial charge < -0.3 is 4.57 Å². The zero-order valence-electron chi connectivity index (χ0n) is 20.2. The molecule has 0 fully saturated rings. The van der Waals surface area contributed by atoms with Gasteiger partial charge in [-0.15, -0.1) is 0 Å². The molecule has 0 aliphatic rings. The van der Waals surface area contributed by atoms with Crippen LogP contribution in [0.2, 0.25) is 0 Å². The highest BCUT2D eigenvalue weighted by Gasteiger charge is 2.21. The van der Waals surface area contributed by atoms with E-state index < -0.39 is 37.2 Å². The van der Waals surface area contributed by atoms with Crippen LogP contribution in [0.4, 0.5) is 10.1 Å². The highest BCUT2D eigenvalue weighted by molar-refractivity contribution is 7.95. The van der Waals surface area contributed by atoms with Crippen LogP contribution in [0.3, 0.4) is 0 Å². The van der Waals surface area contributed by atoms with E-state index in [0.29, 0.717) is 23.6 Å². The predicted molar refractivity (Wildman–Crippen MR) is 147 cm³/mol. The van der Waals surface area contributed by atoms with E-state index in [-0.39, 0.29) is 4.90 Å². The summed E-state index contributed by atoms with van der Waals surface area (Å²) in [5.41, 5.74) is 3.85. The minimum atomic E-state index is -4.00. The fraction of sp³-hybridized carbons (Fsp3) is 0.107. The minimum Gasteiger partial charge on any atom is -0.319 e. The number of para-hydroxylation sites is 2. The van der Waals surface area contributed by atoms with Gasteiger partial charge in [-0.2, -0.15) is 0 Å². The molecule has 0 amide bonds. The minimum absolute atomic E-state index is 0.131. The number of sulfonamides is 1. The van der Waals surface area contributed by atoms with E-state index in [9.17, 15) is 21.2 Å². The van der Waals surface area contributed by atoms with Crippen LogP contribution in [0, 0.1) is 5.82 Å². The molecule has 194 valence electrons. The van der Waals surface area contributed by atoms with Crippen molar-refractivity contribution in [2.24, 2.45) is 0 Å². The number of sulfone groups is 1. The van der Waals surface area contributed by atoms with Crippen LogP contribution in [-0.4, -0.2) is 37.9 Å². The van der Waals surface area contributed by atoms with Crippen LogP contribution in [0.25, 0.3) is 22.4 Å². The van der Waals surface area contributed by atoms with Crippen LogP contribution in [0.1, 0.15) is 5.56 Å². The number of hydrogen-bond acceptors (Lipinski definition) is 5. The lowest BCUT2D eigenvalue weighted by molar-refractivity contribution is 0.589. The van der Waals surface area contributed by atoms with Crippen molar-refractivity contribution in [1.82, 2.24) is 9.55 Å². The summed E-state index contributed by atoms with van der Waals surface area (Å²) in [7, 11) is -7.90. The summed E-state index contributed by atoms with van der Waals surface area (Å²) in [5.74, 6) is -1.19. The predicted octanol–water partition coefficient (Wildman–Crippen LogP) is 5.11. The van der Waals surface area contributed by atoms with E-state index in [4.69, 9.17) is 4.98 Å². The second-order valence-corrected chi connectivity index (χ2v) is 12.7. The number of benzene rings is 4. The highest BCUT2D eigenvalue weighted by Crippen LogP contribution is 2.28. The molecule has 0 atom stereocenters. The van der Waals surface area contributed by atoms with Crippen molar-refractivity contribution in [3.05, 3.63) is 115 Å². The lowest BCUT2D eigenvalue weighted by atomic mass is 10.1. The monoisotopic (exact) mass is 549 g/mol. The Balaban J connectivity index is 1.39. The van der Waals surface area contributed by atoms with Crippen LogP contribution < -0.4 is 4.72 Å². The Morgan fingerprint density at radius 3 is 2.24 bits per heavy atom. The topological polar surface area (TPSA) is 98.1 Å². The quantitative estimate of drug-likeness (QED) is 0.258. The van der Waals surface area contributed by atoms with Crippen molar-refractivity contribution in [1.29, 1.82) is 0 Å². The zero-order chi connectivity index (χ0) is 26.8. The molecular formula is C28H24FN3O4S2. The molecule has 1 N–H and O–H groups in total. The molecule has 0 saturated heterocycles. The number of imidazole rings is 1. The van der Waals surface area contributed by atoms with Gasteiger partial charge in [0.2, 0.25) is 10.0 Å². The normalized spacial score (nSPS) is 12.0. The molecular weight excluding hydrogens is 525 g/mol. The van der Waals surface area contributed by atoms with Crippen molar-refractivity contribution in [3.8, 4) is 11.4 Å². The second kappa shape index (κ2) is 10.4. The van der Waals surface area contributed by atoms with E-state index in [2.05, 4.69) is 9.29 Å². The van der Waals surface area contributed by atoms with Crippen LogP contribution >= 0.6 is 0 Å². The molecule has 0 spiro atoms. The van der Waals surface area contributed by atoms with Crippen molar-refractivity contribution in [3.63, 3.8) is 0 Å². The van der Waals surface area contributed by atoms with Crippen molar-refractivity contribution in [2.75, 3.05) is 16.2 Å². The third-order valence-corrected chi connectivity index (χ3v) is 9.30. The first-order chi connectivity index (χ1) is 18.2. The smallest absolute Gasteiger partial charge is 0.233 e. The van der Waals surface area contributed by atoms with E-state index in [0.717, 1.165) is 40.9 Å². The summed E-state index contributed by atoms with van der Waals surface area (Å²) >= 11 is 0. The summed E-state index contributed by atoms with van der Waals surface area (Å²) < 4.78 is 68.3. The van der Waals surface area contributed by atoms with Crippen molar-refractivity contribution >= 4 is 36.6 Å². The molecule has 0 radical (unpaired) electrons. The maximum Gasteiger partial charge on any atom is 0.233 e. The molecule has 0 saturated carbocycles. The van der Waals surface area contributed by atoms with Crippen molar-refractivity contribution in [2.45, 2.75) is 11.4 Å². The molecule has 4 aromatic carbocycles. The van der Waals surface area contributed by atoms with Gasteiger partial charge in [-0.05, 0) is 54.1 Å². The van der Waals surface area contributed by atoms with Crippen molar-refractivity contribution < 1.29 is 21.2 Å². The number of fused-ring (bicyclic) bond motifs is 1. The van der Waals surface area contributed by atoms with Gasteiger partial charge in [0.1, 0.15) is 11.6 Å². The maximum atomic E-state index is 13.1.